The second-order valence-electron chi connectivity index (χ2n) is 24.9. The van der Waals surface area contributed by atoms with E-state index >= 15 is 0 Å². The van der Waals surface area contributed by atoms with Gasteiger partial charge in [0.2, 0.25) is 0 Å². The van der Waals surface area contributed by atoms with E-state index in [0.717, 1.165) is 96.3 Å². The molecule has 0 fully saturated rings. The number of rotatable bonds is 70. The number of esters is 4. The van der Waals surface area contributed by atoms with E-state index in [4.69, 9.17) is 37.0 Å². The number of carbonyl (C=O) groups excluding carboxylic acids is 4. The van der Waals surface area contributed by atoms with Crippen LogP contribution in [0.1, 0.15) is 362 Å². The number of hydrogen-bond donors (Lipinski definition) is 3. The lowest BCUT2D eigenvalue weighted by Gasteiger charge is -2.21. The number of hydrogen-bond acceptors (Lipinski definition) is 15. The molecule has 5 atom stereocenters. The second-order valence-corrected chi connectivity index (χ2v) is 27.8. The molecular weight excluding hydrogens is 1160 g/mol. The fraction of sp³-hybridized carbons (Fsp3) is 0.942. The van der Waals surface area contributed by atoms with Crippen molar-refractivity contribution in [3.05, 3.63) is 0 Å². The molecule has 17 nitrogen and oxygen atoms in total. The molecule has 0 amide bonds. The average molecular weight is 1300 g/mol. The van der Waals surface area contributed by atoms with Gasteiger partial charge in [-0.15, -0.1) is 0 Å². The van der Waals surface area contributed by atoms with Gasteiger partial charge in [0.1, 0.15) is 19.3 Å². The van der Waals surface area contributed by atoms with Crippen molar-refractivity contribution in [1.82, 2.24) is 0 Å². The molecule has 19 heteroatoms. The van der Waals surface area contributed by atoms with Gasteiger partial charge < -0.3 is 33.8 Å². The fourth-order valence-electron chi connectivity index (χ4n) is 10.5. The highest BCUT2D eigenvalue weighted by Gasteiger charge is 2.30. The number of ether oxygens (including phenoxy) is 4. The Balaban J connectivity index is 5.09. The molecular formula is C69H134O17P2. The van der Waals surface area contributed by atoms with Crippen molar-refractivity contribution < 1.29 is 80.2 Å². The molecule has 3 N–H and O–H groups in total. The maximum atomic E-state index is 13.0. The molecule has 0 bridgehead atoms. The normalized spacial score (nSPS) is 14.0. The molecule has 0 aliphatic heterocycles. The lowest BCUT2D eigenvalue weighted by molar-refractivity contribution is -0.161. The van der Waals surface area contributed by atoms with Crippen LogP contribution in [0.25, 0.3) is 0 Å². The van der Waals surface area contributed by atoms with E-state index in [1.165, 1.54) is 186 Å². The summed E-state index contributed by atoms with van der Waals surface area (Å²) in [5.74, 6) is -2.14. The fourth-order valence-corrected chi connectivity index (χ4v) is 12.1. The molecule has 0 aliphatic rings. The summed E-state index contributed by atoms with van der Waals surface area (Å²) in [6.45, 7) is 4.83. The smallest absolute Gasteiger partial charge is 0.462 e. The standard InChI is InChI=1S/C69H134O17P2/c1-5-9-13-17-20-23-25-27-28-29-30-31-32-33-34-36-38-41-44-48-52-56-69(74)86-65(60-80-67(72)54-50-46-42-40-37-35-26-24-21-18-14-10-6-2)62-84-88(77,78)82-58-63(70)57-81-87(75,76)83-61-64(59-79-66(71)53-49-45-16-12-8-4)85-68(73)55-51-47-43-39-22-19-15-11-7-3/h63-65,70H,5-62H2,1-4H3,(H,75,76)(H,77,78)/t63-,64+,65+/m0/s1. The van der Waals surface area contributed by atoms with E-state index in [0.29, 0.717) is 25.7 Å². The molecule has 0 rings (SSSR count). The highest BCUT2D eigenvalue weighted by atomic mass is 31.2. The van der Waals surface area contributed by atoms with Gasteiger partial charge in [0, 0.05) is 25.7 Å². The Bertz CT molecular complexity index is 1690. The summed E-state index contributed by atoms with van der Waals surface area (Å²) in [6.07, 6.45) is 51.9. The van der Waals surface area contributed by atoms with Crippen LogP contribution in [0.2, 0.25) is 0 Å². The minimum Gasteiger partial charge on any atom is -0.462 e. The van der Waals surface area contributed by atoms with Gasteiger partial charge in [0.15, 0.2) is 12.2 Å². The molecule has 0 saturated heterocycles. The quantitative estimate of drug-likeness (QED) is 0.0222. The number of phosphoric acid groups is 2. The van der Waals surface area contributed by atoms with E-state index in [1.54, 1.807) is 0 Å². The zero-order chi connectivity index (χ0) is 64.7. The third kappa shape index (κ3) is 62.8. The Kier molecular flexibility index (Phi) is 62.4. The van der Waals surface area contributed by atoms with Gasteiger partial charge in [-0.25, -0.2) is 9.13 Å². The van der Waals surface area contributed by atoms with Gasteiger partial charge in [0.25, 0.3) is 0 Å². The zero-order valence-corrected chi connectivity index (χ0v) is 58.5. The molecule has 0 aromatic heterocycles. The number of phosphoric ester groups is 2. The summed E-state index contributed by atoms with van der Waals surface area (Å²) in [5.41, 5.74) is 0. The molecule has 0 aromatic rings. The lowest BCUT2D eigenvalue weighted by Crippen LogP contribution is -2.30. The first kappa shape index (κ1) is 86.1. The van der Waals surface area contributed by atoms with Crippen molar-refractivity contribution in [3.8, 4) is 0 Å². The summed E-state index contributed by atoms with van der Waals surface area (Å²) in [5, 5.41) is 10.5. The van der Waals surface area contributed by atoms with E-state index in [-0.39, 0.29) is 25.7 Å². The van der Waals surface area contributed by atoms with E-state index in [2.05, 4.69) is 27.7 Å². The molecule has 0 aromatic carbocycles. The Labute approximate surface area is 537 Å². The van der Waals surface area contributed by atoms with Gasteiger partial charge in [-0.05, 0) is 25.7 Å². The SMILES string of the molecule is CCCCCCCCCCCCCCCCCCCCCCCC(=O)O[C@H](COC(=O)CCCCCCCCCCCCCCC)COP(=O)(O)OC[C@@H](O)COP(=O)(O)OC[C@@H](COC(=O)CCCCCCC)OC(=O)CCCCCCCCCCC. The Morgan fingerprint density at radius 2 is 0.455 bits per heavy atom. The van der Waals surface area contributed by atoms with Crippen LogP contribution in [-0.2, 0) is 65.4 Å². The highest BCUT2D eigenvalue weighted by molar-refractivity contribution is 7.47. The van der Waals surface area contributed by atoms with Gasteiger partial charge in [-0.1, -0.05) is 310 Å². The minimum atomic E-state index is -4.95. The van der Waals surface area contributed by atoms with Crippen molar-refractivity contribution in [2.75, 3.05) is 39.6 Å². The minimum absolute atomic E-state index is 0.105. The predicted molar refractivity (Wildman–Crippen MR) is 354 cm³/mol. The second kappa shape index (κ2) is 63.8. The third-order valence-electron chi connectivity index (χ3n) is 16.1. The average Bonchev–Trinajstić information content (AvgIpc) is 3.70. The Morgan fingerprint density at radius 1 is 0.273 bits per heavy atom. The highest BCUT2D eigenvalue weighted by Crippen LogP contribution is 2.45. The van der Waals surface area contributed by atoms with Crippen LogP contribution in [0.15, 0.2) is 0 Å². The maximum absolute atomic E-state index is 13.0. The summed E-state index contributed by atoms with van der Waals surface area (Å²) in [4.78, 5) is 72.1. The van der Waals surface area contributed by atoms with Crippen molar-refractivity contribution in [2.45, 2.75) is 380 Å². The van der Waals surface area contributed by atoms with Crippen molar-refractivity contribution in [2.24, 2.45) is 0 Å². The maximum Gasteiger partial charge on any atom is 0.472 e. The van der Waals surface area contributed by atoms with Crippen LogP contribution >= 0.6 is 15.6 Å². The first-order valence-corrected chi connectivity index (χ1v) is 39.3. The largest absolute Gasteiger partial charge is 0.472 e. The summed E-state index contributed by atoms with van der Waals surface area (Å²) < 4.78 is 67.9. The third-order valence-corrected chi connectivity index (χ3v) is 18.0. The van der Waals surface area contributed by atoms with Gasteiger partial charge in [0.05, 0.1) is 26.4 Å². The van der Waals surface area contributed by atoms with Crippen LogP contribution in [0.4, 0.5) is 0 Å². The zero-order valence-electron chi connectivity index (χ0n) is 56.7. The van der Waals surface area contributed by atoms with Crippen LogP contribution in [0.3, 0.4) is 0 Å². The van der Waals surface area contributed by atoms with Crippen molar-refractivity contribution in [3.63, 3.8) is 0 Å². The van der Waals surface area contributed by atoms with E-state index in [9.17, 15) is 43.2 Å². The van der Waals surface area contributed by atoms with Gasteiger partial charge in [-0.3, -0.25) is 37.3 Å². The van der Waals surface area contributed by atoms with Gasteiger partial charge >= 0.3 is 39.5 Å². The van der Waals surface area contributed by atoms with E-state index in [1.807, 2.05) is 0 Å². The summed E-state index contributed by atoms with van der Waals surface area (Å²) in [6, 6.07) is 0. The summed E-state index contributed by atoms with van der Waals surface area (Å²) in [7, 11) is -9.88. The molecule has 0 radical (unpaired) electrons. The molecule has 2 unspecified atom stereocenters. The first-order valence-electron chi connectivity index (χ1n) is 36.3. The molecule has 88 heavy (non-hydrogen) atoms. The molecule has 0 aliphatic carbocycles. The monoisotopic (exact) mass is 1300 g/mol. The number of carbonyl (C=O) groups is 4. The predicted octanol–water partition coefficient (Wildman–Crippen LogP) is 19.9. The van der Waals surface area contributed by atoms with Crippen LogP contribution in [0.5, 0.6) is 0 Å². The summed E-state index contributed by atoms with van der Waals surface area (Å²) >= 11 is 0. The molecule has 522 valence electrons. The van der Waals surface area contributed by atoms with Crippen LogP contribution in [-0.4, -0.2) is 96.7 Å². The van der Waals surface area contributed by atoms with Crippen molar-refractivity contribution >= 4 is 39.5 Å². The van der Waals surface area contributed by atoms with Crippen molar-refractivity contribution in [1.29, 1.82) is 0 Å². The Hall–Kier alpha value is -1.94. The molecule has 0 spiro atoms. The molecule has 0 heterocycles. The topological polar surface area (TPSA) is 237 Å². The van der Waals surface area contributed by atoms with E-state index < -0.39 is 97.5 Å². The van der Waals surface area contributed by atoms with Crippen LogP contribution < -0.4 is 0 Å². The number of aliphatic hydroxyl groups is 1. The molecule has 0 saturated carbocycles. The number of aliphatic hydroxyl groups excluding tert-OH is 1. The van der Waals surface area contributed by atoms with Crippen LogP contribution in [0, 0.1) is 0 Å². The lowest BCUT2D eigenvalue weighted by atomic mass is 10.0. The van der Waals surface area contributed by atoms with Gasteiger partial charge in [-0.2, -0.15) is 0 Å². The Morgan fingerprint density at radius 3 is 0.670 bits per heavy atom. The number of unbranched alkanes of at least 4 members (excludes halogenated alkanes) is 44. The first-order chi connectivity index (χ1) is 42.7.